The smallest absolute Gasteiger partial charge is 0.187 e. The van der Waals surface area contributed by atoms with Crippen molar-refractivity contribution in [3.05, 3.63) is 0 Å². The molecular weight excluding hydrogens is 920 g/mol. The Morgan fingerprint density at radius 2 is 1.14 bits per heavy atom. The predicted octanol–water partition coefficient (Wildman–Crippen LogP) is -4.34. The van der Waals surface area contributed by atoms with Gasteiger partial charge in [-0.05, 0) is 87.9 Å². The van der Waals surface area contributed by atoms with E-state index in [1.807, 2.05) is 6.92 Å². The highest BCUT2D eigenvalue weighted by Gasteiger charge is 2.68. The number of fused-ring (bicyclic) bond motifs is 5. The molecule has 0 spiro atoms. The molecule has 4 aliphatic carbocycles. The maximum atomic E-state index is 13.8. The van der Waals surface area contributed by atoms with Gasteiger partial charge in [0.05, 0.1) is 37.6 Å². The molecule has 8 aliphatic rings. The first-order valence-electron chi connectivity index (χ1n) is 24.6. The lowest BCUT2D eigenvalue weighted by atomic mass is 9.43. The minimum absolute atomic E-state index is 0.0517. The zero-order valence-electron chi connectivity index (χ0n) is 39.5. The molecule has 0 aromatic carbocycles. The summed E-state index contributed by atoms with van der Waals surface area (Å²) in [6.07, 6.45) is -23.4. The third kappa shape index (κ3) is 9.61. The molecule has 4 saturated carbocycles. The van der Waals surface area contributed by atoms with Gasteiger partial charge in [0.1, 0.15) is 98.2 Å². The third-order valence-corrected chi connectivity index (χ3v) is 18.0. The lowest BCUT2D eigenvalue weighted by Gasteiger charge is -2.63. The van der Waals surface area contributed by atoms with Gasteiger partial charge in [-0.15, -0.1) is 0 Å². The van der Waals surface area contributed by atoms with Crippen LogP contribution in [0.15, 0.2) is 0 Å². The van der Waals surface area contributed by atoms with Gasteiger partial charge in [0.15, 0.2) is 30.9 Å². The Morgan fingerprint density at radius 3 is 1.75 bits per heavy atom. The summed E-state index contributed by atoms with van der Waals surface area (Å²) in [4.78, 5) is 13.8. The van der Waals surface area contributed by atoms with Crippen molar-refractivity contribution in [2.75, 3.05) is 33.5 Å². The van der Waals surface area contributed by atoms with Gasteiger partial charge >= 0.3 is 0 Å². The van der Waals surface area contributed by atoms with Crippen molar-refractivity contribution in [3.8, 4) is 0 Å². The molecule has 13 N–H and O–H groups in total. The summed E-state index contributed by atoms with van der Waals surface area (Å²) < 4.78 is 52.4. The molecule has 4 aliphatic heterocycles. The van der Waals surface area contributed by atoms with Crippen molar-refractivity contribution in [1.82, 2.24) is 0 Å². The van der Waals surface area contributed by atoms with E-state index in [0.29, 0.717) is 32.1 Å². The van der Waals surface area contributed by atoms with E-state index in [0.717, 1.165) is 25.7 Å². The van der Waals surface area contributed by atoms with E-state index in [2.05, 4.69) is 6.92 Å². The van der Waals surface area contributed by atoms with Crippen molar-refractivity contribution in [3.63, 3.8) is 0 Å². The number of rotatable bonds is 14. The number of hydrogen-bond acceptors (Lipinski definition) is 23. The SMILES string of the molecule is COC1C(O)C(OC2CCC3(C)C(CCC4C3CCC3(C)C(C(=O)COC5OC(CO)C(O)C(O)C5O)CCC43O)C2)OC(C)C1OC1OC(COC2OC(CO)C(O)C(O)C2O)C(O)C(O)C1O. The van der Waals surface area contributed by atoms with Crippen molar-refractivity contribution >= 4 is 5.78 Å². The normalized spacial score (nSPS) is 54.6. The van der Waals surface area contributed by atoms with Gasteiger partial charge in [0.25, 0.3) is 0 Å². The van der Waals surface area contributed by atoms with E-state index in [-0.39, 0.29) is 35.1 Å². The molecule has 28 atom stereocenters. The number of hydrogen-bond donors (Lipinski definition) is 13. The molecule has 0 aromatic heterocycles. The van der Waals surface area contributed by atoms with Crippen LogP contribution >= 0.6 is 0 Å². The highest BCUT2D eigenvalue weighted by atomic mass is 16.8. The lowest BCUT2D eigenvalue weighted by molar-refractivity contribution is -0.367. The zero-order chi connectivity index (χ0) is 50.1. The Labute approximate surface area is 400 Å². The molecule has 0 bridgehead atoms. The van der Waals surface area contributed by atoms with Crippen LogP contribution in [0.1, 0.15) is 78.6 Å². The number of ether oxygens (including phenoxy) is 9. The summed E-state index contributed by atoms with van der Waals surface area (Å²) >= 11 is 0. The topological polar surface area (TPSA) is 363 Å². The average molecular weight is 997 g/mol. The van der Waals surface area contributed by atoms with Crippen LogP contribution < -0.4 is 0 Å². The standard InChI is InChI=1S/C46H76O23/c1-18-38(69-42-36(58)33(55)30(52)27(68-42)17-63-41-35(57)32(54)29(51)26(15-48)67-41)39(61-4)37(59)43(64-18)65-20-7-10-44(2)19(13-20)5-6-22-21(44)8-11-45(3)23(9-12-46(22,45)60)24(49)16-62-40-34(56)31(53)28(50)25(14-47)66-40/h18-23,25-43,47-48,50-60H,5-17H2,1-4H3. The van der Waals surface area contributed by atoms with Crippen molar-refractivity contribution in [1.29, 1.82) is 0 Å². The fourth-order valence-electron chi connectivity index (χ4n) is 13.8. The second-order valence-corrected chi connectivity index (χ2v) is 21.5. The van der Waals surface area contributed by atoms with Crippen molar-refractivity contribution in [2.24, 2.45) is 34.5 Å². The van der Waals surface area contributed by atoms with Gasteiger partial charge in [-0.1, -0.05) is 13.8 Å². The summed E-state index contributed by atoms with van der Waals surface area (Å²) in [5, 5.41) is 137. The van der Waals surface area contributed by atoms with Crippen LogP contribution in [0.3, 0.4) is 0 Å². The van der Waals surface area contributed by atoms with Crippen LogP contribution in [0.5, 0.6) is 0 Å². The molecular formula is C46H76O23. The Kier molecular flexibility index (Phi) is 16.6. The van der Waals surface area contributed by atoms with Gasteiger partial charge in [-0.2, -0.15) is 0 Å². The quantitative estimate of drug-likeness (QED) is 0.0732. The van der Waals surface area contributed by atoms with Crippen LogP contribution in [0, 0.1) is 34.5 Å². The van der Waals surface area contributed by atoms with Gasteiger partial charge in [-0.3, -0.25) is 4.79 Å². The zero-order valence-corrected chi connectivity index (χ0v) is 39.5. The van der Waals surface area contributed by atoms with Crippen molar-refractivity contribution in [2.45, 2.75) is 213 Å². The first-order valence-corrected chi connectivity index (χ1v) is 24.6. The number of methoxy groups -OCH3 is 1. The molecule has 0 radical (unpaired) electrons. The maximum Gasteiger partial charge on any atom is 0.187 e. The third-order valence-electron chi connectivity index (χ3n) is 18.0. The molecule has 8 rings (SSSR count). The molecule has 23 heteroatoms. The maximum absolute atomic E-state index is 13.8. The van der Waals surface area contributed by atoms with E-state index >= 15 is 0 Å². The number of Topliss-reactive ketones (excluding diaryl/α,β-unsaturated/α-hetero) is 1. The monoisotopic (exact) mass is 996 g/mol. The van der Waals surface area contributed by atoms with Gasteiger partial charge < -0.3 is 109 Å². The summed E-state index contributed by atoms with van der Waals surface area (Å²) in [7, 11) is 1.36. The number of aliphatic hydroxyl groups is 13. The number of carbonyl (C=O) groups is 1. The van der Waals surface area contributed by atoms with Crippen LogP contribution in [-0.4, -0.2) is 240 Å². The summed E-state index contributed by atoms with van der Waals surface area (Å²) in [6, 6.07) is 0. The molecule has 8 fully saturated rings. The van der Waals surface area contributed by atoms with Crippen molar-refractivity contribution < 1.29 is 114 Å². The molecule has 398 valence electrons. The minimum Gasteiger partial charge on any atom is -0.394 e. The largest absolute Gasteiger partial charge is 0.394 e. The first kappa shape index (κ1) is 54.1. The molecule has 69 heavy (non-hydrogen) atoms. The number of ketones is 1. The molecule has 4 heterocycles. The first-order chi connectivity index (χ1) is 32.6. The average Bonchev–Trinajstić information content (AvgIpc) is 3.62. The number of carbonyl (C=O) groups excluding carboxylic acids is 1. The fraction of sp³-hybridized carbons (Fsp3) is 0.978. The molecule has 4 saturated heterocycles. The second kappa shape index (κ2) is 21.2. The van der Waals surface area contributed by atoms with E-state index in [4.69, 9.17) is 42.6 Å². The number of aliphatic hydroxyl groups excluding tert-OH is 12. The predicted molar refractivity (Wildman–Crippen MR) is 229 cm³/mol. The lowest BCUT2D eigenvalue weighted by Crippen LogP contribution is -2.65. The Morgan fingerprint density at radius 1 is 0.580 bits per heavy atom. The van der Waals surface area contributed by atoms with Crippen LogP contribution in [0.4, 0.5) is 0 Å². The fourth-order valence-corrected chi connectivity index (χ4v) is 13.8. The van der Waals surface area contributed by atoms with E-state index < -0.39 is 166 Å². The van der Waals surface area contributed by atoms with Gasteiger partial charge in [0, 0.05) is 18.4 Å². The van der Waals surface area contributed by atoms with Crippen LogP contribution in [-0.2, 0) is 47.4 Å². The molecule has 0 aromatic rings. The Bertz CT molecular complexity index is 1730. The summed E-state index contributed by atoms with van der Waals surface area (Å²) in [5.74, 6) is -0.408. The van der Waals surface area contributed by atoms with Gasteiger partial charge in [0.2, 0.25) is 0 Å². The van der Waals surface area contributed by atoms with Crippen LogP contribution in [0.25, 0.3) is 0 Å². The Balaban J connectivity index is 0.851. The van der Waals surface area contributed by atoms with E-state index in [1.165, 1.54) is 7.11 Å². The van der Waals surface area contributed by atoms with Crippen LogP contribution in [0.2, 0.25) is 0 Å². The molecule has 28 unspecified atom stereocenters. The minimum atomic E-state index is -1.80. The molecule has 23 nitrogen and oxygen atoms in total. The van der Waals surface area contributed by atoms with Gasteiger partial charge in [-0.25, -0.2) is 0 Å². The van der Waals surface area contributed by atoms with E-state index in [1.54, 1.807) is 6.92 Å². The highest BCUT2D eigenvalue weighted by Crippen LogP contribution is 2.69. The van der Waals surface area contributed by atoms with E-state index in [9.17, 15) is 71.2 Å². The second-order valence-electron chi connectivity index (χ2n) is 21.5. The summed E-state index contributed by atoms with van der Waals surface area (Å²) in [6.45, 7) is 3.63. The Hall–Kier alpha value is -1.21. The summed E-state index contributed by atoms with van der Waals surface area (Å²) in [5.41, 5.74) is -1.98. The molecule has 0 amide bonds. The highest BCUT2D eigenvalue weighted by molar-refractivity contribution is 5.83.